The molecule has 25 heavy (non-hydrogen) atoms. The van der Waals surface area contributed by atoms with Crippen molar-refractivity contribution in [3.63, 3.8) is 0 Å². The van der Waals surface area contributed by atoms with Crippen LogP contribution in [0.25, 0.3) is 0 Å². The zero-order chi connectivity index (χ0) is 17.6. The predicted octanol–water partition coefficient (Wildman–Crippen LogP) is 3.40. The lowest BCUT2D eigenvalue weighted by molar-refractivity contribution is -0.126. The summed E-state index contributed by atoms with van der Waals surface area (Å²) in [6.07, 6.45) is 5.01. The first kappa shape index (κ1) is 17.8. The predicted molar refractivity (Wildman–Crippen MR) is 95.5 cm³/mol. The number of likely N-dealkylation sites (tertiary alicyclic amines) is 1. The third-order valence-electron chi connectivity index (χ3n) is 4.58. The van der Waals surface area contributed by atoms with E-state index < -0.39 is 0 Å². The maximum atomic E-state index is 13.9. The highest BCUT2D eigenvalue weighted by Gasteiger charge is 2.25. The number of amides is 1. The molecule has 6 heteroatoms. The van der Waals surface area contributed by atoms with Crippen molar-refractivity contribution in [1.82, 2.24) is 15.2 Å². The number of pyridine rings is 1. The van der Waals surface area contributed by atoms with Gasteiger partial charge < -0.3 is 5.32 Å². The number of hydrogen-bond acceptors (Lipinski definition) is 3. The Morgan fingerprint density at radius 2 is 1.96 bits per heavy atom. The minimum Gasteiger partial charge on any atom is -0.352 e. The number of piperidine rings is 1. The highest BCUT2D eigenvalue weighted by atomic mass is 35.5. The van der Waals surface area contributed by atoms with Crippen LogP contribution in [0.5, 0.6) is 0 Å². The lowest BCUT2D eigenvalue weighted by atomic mass is 9.95. The summed E-state index contributed by atoms with van der Waals surface area (Å²) in [7, 11) is 0. The molecule has 0 aliphatic carbocycles. The summed E-state index contributed by atoms with van der Waals surface area (Å²) < 4.78 is 13.9. The van der Waals surface area contributed by atoms with Crippen LogP contribution < -0.4 is 5.32 Å². The van der Waals surface area contributed by atoms with Gasteiger partial charge in [0.15, 0.2) is 0 Å². The van der Waals surface area contributed by atoms with Crippen LogP contribution in [-0.2, 0) is 17.9 Å². The Morgan fingerprint density at radius 1 is 1.24 bits per heavy atom. The maximum absolute atomic E-state index is 13.9. The molecule has 1 aromatic heterocycles. The van der Waals surface area contributed by atoms with Gasteiger partial charge in [-0.2, -0.15) is 0 Å². The fourth-order valence-electron chi connectivity index (χ4n) is 3.08. The molecular formula is C19H21ClFN3O. The summed E-state index contributed by atoms with van der Waals surface area (Å²) in [6, 6.07) is 8.56. The molecule has 0 atom stereocenters. The first-order valence-electron chi connectivity index (χ1n) is 8.45. The van der Waals surface area contributed by atoms with Gasteiger partial charge in [-0.05, 0) is 55.8 Å². The minimum atomic E-state index is -0.273. The van der Waals surface area contributed by atoms with Gasteiger partial charge in [0.25, 0.3) is 0 Å². The van der Waals surface area contributed by atoms with Crippen LogP contribution in [0, 0.1) is 11.7 Å². The molecular weight excluding hydrogens is 341 g/mol. The fourth-order valence-corrected chi connectivity index (χ4v) is 3.24. The van der Waals surface area contributed by atoms with Crippen molar-refractivity contribution in [3.8, 4) is 0 Å². The van der Waals surface area contributed by atoms with E-state index in [1.54, 1.807) is 24.5 Å². The van der Waals surface area contributed by atoms with Gasteiger partial charge in [-0.1, -0.05) is 17.7 Å². The van der Waals surface area contributed by atoms with Crippen LogP contribution in [0.1, 0.15) is 24.0 Å². The molecule has 4 nitrogen and oxygen atoms in total. The molecule has 3 rings (SSSR count). The zero-order valence-electron chi connectivity index (χ0n) is 13.9. The summed E-state index contributed by atoms with van der Waals surface area (Å²) in [5.74, 6) is -0.160. The summed E-state index contributed by atoms with van der Waals surface area (Å²) in [4.78, 5) is 18.5. The van der Waals surface area contributed by atoms with E-state index in [9.17, 15) is 9.18 Å². The molecule has 0 radical (unpaired) electrons. The second-order valence-electron chi connectivity index (χ2n) is 6.36. The molecule has 132 valence electrons. The third kappa shape index (κ3) is 5.00. The first-order valence-corrected chi connectivity index (χ1v) is 8.82. The highest BCUT2D eigenvalue weighted by Crippen LogP contribution is 2.21. The number of carbonyl (C=O) groups is 1. The van der Waals surface area contributed by atoms with Gasteiger partial charge >= 0.3 is 0 Å². The van der Waals surface area contributed by atoms with Crippen molar-refractivity contribution >= 4 is 17.5 Å². The zero-order valence-corrected chi connectivity index (χ0v) is 14.7. The quantitative estimate of drug-likeness (QED) is 0.887. The SMILES string of the molecule is O=C(NCc1ccncc1)C1CCN(Cc2ccc(Cl)cc2F)CC1. The number of halogens is 2. The lowest BCUT2D eigenvalue weighted by Gasteiger charge is -2.31. The van der Waals surface area contributed by atoms with Crippen molar-refractivity contribution < 1.29 is 9.18 Å². The van der Waals surface area contributed by atoms with Crippen molar-refractivity contribution in [2.24, 2.45) is 5.92 Å². The standard InChI is InChI=1S/C19H21ClFN3O/c20-17-2-1-16(18(21)11-17)13-24-9-5-15(6-10-24)19(25)23-12-14-3-7-22-8-4-14/h1-4,7-8,11,15H,5-6,9-10,12-13H2,(H,23,25). The van der Waals surface area contributed by atoms with E-state index in [0.29, 0.717) is 23.7 Å². The Hall–Kier alpha value is -1.98. The molecule has 1 amide bonds. The van der Waals surface area contributed by atoms with Gasteiger partial charge in [0.2, 0.25) is 5.91 Å². The van der Waals surface area contributed by atoms with E-state index in [1.165, 1.54) is 6.07 Å². The number of benzene rings is 1. The van der Waals surface area contributed by atoms with E-state index in [2.05, 4.69) is 15.2 Å². The van der Waals surface area contributed by atoms with E-state index in [-0.39, 0.29) is 17.6 Å². The number of nitrogens with one attached hydrogen (secondary N) is 1. The van der Waals surface area contributed by atoms with Crippen LogP contribution in [-0.4, -0.2) is 28.9 Å². The second-order valence-corrected chi connectivity index (χ2v) is 6.80. The van der Waals surface area contributed by atoms with Crippen molar-refractivity contribution in [2.75, 3.05) is 13.1 Å². The van der Waals surface area contributed by atoms with Gasteiger partial charge in [-0.25, -0.2) is 4.39 Å². The van der Waals surface area contributed by atoms with Crippen LogP contribution in [0.4, 0.5) is 4.39 Å². The number of rotatable bonds is 5. The van der Waals surface area contributed by atoms with E-state index >= 15 is 0 Å². The van der Waals surface area contributed by atoms with Crippen LogP contribution in [0.15, 0.2) is 42.7 Å². The van der Waals surface area contributed by atoms with E-state index in [4.69, 9.17) is 11.6 Å². The molecule has 1 aromatic carbocycles. The van der Waals surface area contributed by atoms with Crippen molar-refractivity contribution in [1.29, 1.82) is 0 Å². The van der Waals surface area contributed by atoms with Crippen molar-refractivity contribution in [3.05, 3.63) is 64.7 Å². The average Bonchev–Trinajstić information content (AvgIpc) is 2.63. The van der Waals surface area contributed by atoms with Gasteiger partial charge in [-0.3, -0.25) is 14.7 Å². The second kappa shape index (κ2) is 8.41. The molecule has 1 aliphatic heterocycles. The molecule has 2 aromatic rings. The molecule has 0 saturated carbocycles. The van der Waals surface area contributed by atoms with Crippen LogP contribution in [0.2, 0.25) is 5.02 Å². The number of carbonyl (C=O) groups excluding carboxylic acids is 1. The van der Waals surface area contributed by atoms with E-state index in [0.717, 1.165) is 31.5 Å². The summed E-state index contributed by atoms with van der Waals surface area (Å²) in [6.45, 7) is 2.65. The molecule has 1 N–H and O–H groups in total. The topological polar surface area (TPSA) is 45.2 Å². The minimum absolute atomic E-state index is 0.0214. The Labute approximate surface area is 152 Å². The Bertz CT molecular complexity index is 718. The summed E-state index contributed by atoms with van der Waals surface area (Å²) in [5.41, 5.74) is 1.68. The molecule has 0 bridgehead atoms. The van der Waals surface area contributed by atoms with E-state index in [1.807, 2.05) is 12.1 Å². The number of nitrogens with zero attached hydrogens (tertiary/aromatic N) is 2. The summed E-state index contributed by atoms with van der Waals surface area (Å²) in [5, 5.41) is 3.40. The Morgan fingerprint density at radius 3 is 2.64 bits per heavy atom. The van der Waals surface area contributed by atoms with Gasteiger partial charge in [0, 0.05) is 42.0 Å². The average molecular weight is 362 g/mol. The molecule has 0 spiro atoms. The van der Waals surface area contributed by atoms with Crippen LogP contribution >= 0.6 is 11.6 Å². The smallest absolute Gasteiger partial charge is 0.223 e. The molecule has 1 saturated heterocycles. The molecule has 0 unspecified atom stereocenters. The Kier molecular flexibility index (Phi) is 6.00. The third-order valence-corrected chi connectivity index (χ3v) is 4.82. The number of aromatic nitrogens is 1. The first-order chi connectivity index (χ1) is 12.1. The van der Waals surface area contributed by atoms with Crippen LogP contribution in [0.3, 0.4) is 0 Å². The lowest BCUT2D eigenvalue weighted by Crippen LogP contribution is -2.40. The van der Waals surface area contributed by atoms with Crippen molar-refractivity contribution in [2.45, 2.75) is 25.9 Å². The van der Waals surface area contributed by atoms with Gasteiger partial charge in [-0.15, -0.1) is 0 Å². The molecule has 1 fully saturated rings. The molecule has 2 heterocycles. The van der Waals surface area contributed by atoms with Gasteiger partial charge in [0.1, 0.15) is 5.82 Å². The monoisotopic (exact) mass is 361 g/mol. The van der Waals surface area contributed by atoms with Gasteiger partial charge in [0.05, 0.1) is 0 Å². The maximum Gasteiger partial charge on any atom is 0.223 e. The largest absolute Gasteiger partial charge is 0.352 e. The molecule has 1 aliphatic rings. The summed E-state index contributed by atoms with van der Waals surface area (Å²) >= 11 is 5.79. The number of hydrogen-bond donors (Lipinski definition) is 1. The normalized spacial score (nSPS) is 15.9. The highest BCUT2D eigenvalue weighted by molar-refractivity contribution is 6.30. The fraction of sp³-hybridized carbons (Fsp3) is 0.368. The Balaban J connectivity index is 1.45.